The molecule has 0 radical (unpaired) electrons. The zero-order chi connectivity index (χ0) is 17.1. The van der Waals surface area contributed by atoms with Crippen molar-refractivity contribution in [3.8, 4) is 12.3 Å². The Hall–Kier alpha value is -0.0862. The normalized spacial score (nSPS) is 15.7. The molecular weight excluding hydrogens is 292 g/mol. The minimum atomic E-state index is -1.81. The van der Waals surface area contributed by atoms with Crippen molar-refractivity contribution in [2.75, 3.05) is 6.61 Å². The van der Waals surface area contributed by atoms with E-state index in [4.69, 9.17) is 15.3 Å². The zero-order valence-electron chi connectivity index (χ0n) is 15.9. The molecule has 0 rings (SSSR count). The van der Waals surface area contributed by atoms with Gasteiger partial charge in [0.1, 0.15) is 0 Å². The number of hydrogen-bond acceptors (Lipinski definition) is 2. The van der Waals surface area contributed by atoms with Gasteiger partial charge >= 0.3 is 0 Å². The van der Waals surface area contributed by atoms with Gasteiger partial charge in [0.15, 0.2) is 16.6 Å². The number of terminal acetylenes is 1. The van der Waals surface area contributed by atoms with Gasteiger partial charge in [0.2, 0.25) is 0 Å². The second-order valence-electron chi connectivity index (χ2n) is 8.98. The van der Waals surface area contributed by atoms with Gasteiger partial charge in [-0.25, -0.2) is 0 Å². The van der Waals surface area contributed by atoms with Crippen LogP contribution in [0.5, 0.6) is 0 Å². The molecule has 0 aliphatic rings. The van der Waals surface area contributed by atoms with Gasteiger partial charge in [-0.15, -0.1) is 12.3 Å². The smallest absolute Gasteiger partial charge is 0.192 e. The van der Waals surface area contributed by atoms with Gasteiger partial charge in [0.05, 0.1) is 12.7 Å². The van der Waals surface area contributed by atoms with Crippen molar-refractivity contribution in [3.05, 3.63) is 0 Å². The molecule has 21 heavy (non-hydrogen) atoms. The van der Waals surface area contributed by atoms with Crippen LogP contribution in [0, 0.1) is 12.3 Å². The maximum absolute atomic E-state index is 6.44. The molecule has 1 atom stereocenters. The van der Waals surface area contributed by atoms with Crippen molar-refractivity contribution in [2.45, 2.75) is 90.3 Å². The van der Waals surface area contributed by atoms with Crippen LogP contribution in [0.25, 0.3) is 0 Å². The summed E-state index contributed by atoms with van der Waals surface area (Å²) >= 11 is 0. The van der Waals surface area contributed by atoms with Crippen molar-refractivity contribution in [1.29, 1.82) is 0 Å². The molecule has 0 N–H and O–H groups in total. The van der Waals surface area contributed by atoms with Gasteiger partial charge in [-0.3, -0.25) is 0 Å². The van der Waals surface area contributed by atoms with E-state index in [2.05, 4.69) is 73.7 Å². The highest BCUT2D eigenvalue weighted by Crippen LogP contribution is 2.39. The molecule has 0 fully saturated rings. The fourth-order valence-electron chi connectivity index (χ4n) is 1.38. The summed E-state index contributed by atoms with van der Waals surface area (Å²) in [6, 6.07) is 0. The molecule has 124 valence electrons. The van der Waals surface area contributed by atoms with Crippen LogP contribution >= 0.6 is 0 Å². The highest BCUT2D eigenvalue weighted by molar-refractivity contribution is 6.74. The van der Waals surface area contributed by atoms with Gasteiger partial charge in [-0.05, 0) is 36.3 Å². The molecule has 2 nitrogen and oxygen atoms in total. The molecule has 0 heterocycles. The molecule has 0 bridgehead atoms. The summed E-state index contributed by atoms with van der Waals surface area (Å²) in [6.07, 6.45) is 6.17. The van der Waals surface area contributed by atoms with Crippen LogP contribution in [0.2, 0.25) is 36.3 Å². The van der Waals surface area contributed by atoms with Crippen molar-refractivity contribution in [2.24, 2.45) is 0 Å². The first-order chi connectivity index (χ1) is 9.14. The van der Waals surface area contributed by atoms with Crippen LogP contribution in [-0.2, 0) is 8.85 Å². The van der Waals surface area contributed by atoms with Crippen LogP contribution in [-0.4, -0.2) is 29.3 Å². The summed E-state index contributed by atoms with van der Waals surface area (Å²) in [6.45, 7) is 23.2. The highest BCUT2D eigenvalue weighted by atomic mass is 28.4. The van der Waals surface area contributed by atoms with Gasteiger partial charge in [0, 0.05) is 6.42 Å². The molecular formula is C17H36O2Si2. The van der Waals surface area contributed by atoms with Gasteiger partial charge in [-0.1, -0.05) is 41.5 Å². The second-order valence-corrected chi connectivity index (χ2v) is 18.5. The first kappa shape index (κ1) is 20.9. The Bertz CT molecular complexity index is 368. The quantitative estimate of drug-likeness (QED) is 0.478. The maximum Gasteiger partial charge on any atom is 0.192 e. The van der Waals surface area contributed by atoms with Crippen LogP contribution in [0.15, 0.2) is 0 Å². The lowest BCUT2D eigenvalue weighted by Crippen LogP contribution is -2.47. The summed E-state index contributed by atoms with van der Waals surface area (Å²) < 4.78 is 12.8. The third kappa shape index (κ3) is 6.27. The summed E-state index contributed by atoms with van der Waals surface area (Å²) in [7, 11) is -3.56. The minimum Gasteiger partial charge on any atom is -0.414 e. The Balaban J connectivity index is 4.86. The van der Waals surface area contributed by atoms with E-state index in [1.807, 2.05) is 0 Å². The molecule has 1 unspecified atom stereocenters. The average Bonchev–Trinajstić information content (AvgIpc) is 2.22. The third-order valence-electron chi connectivity index (χ3n) is 5.05. The van der Waals surface area contributed by atoms with Crippen LogP contribution in [0.4, 0.5) is 0 Å². The third-order valence-corrected chi connectivity index (χ3v) is 14.1. The second kappa shape index (κ2) is 6.99. The van der Waals surface area contributed by atoms with E-state index < -0.39 is 16.6 Å². The molecule has 0 saturated heterocycles. The van der Waals surface area contributed by atoms with Crippen LogP contribution < -0.4 is 0 Å². The Morgan fingerprint density at radius 3 is 1.67 bits per heavy atom. The van der Waals surface area contributed by atoms with Crippen molar-refractivity contribution >= 4 is 16.6 Å². The predicted octanol–water partition coefficient (Wildman–Crippen LogP) is 5.42. The van der Waals surface area contributed by atoms with E-state index in [1.165, 1.54) is 0 Å². The molecule has 4 heteroatoms. The van der Waals surface area contributed by atoms with E-state index in [1.54, 1.807) is 0 Å². The largest absolute Gasteiger partial charge is 0.414 e. The molecule has 0 amide bonds. The van der Waals surface area contributed by atoms with E-state index in [0.717, 1.165) is 0 Å². The molecule has 0 spiro atoms. The fourth-order valence-corrected chi connectivity index (χ4v) is 3.75. The van der Waals surface area contributed by atoms with E-state index in [9.17, 15) is 0 Å². The standard InChI is InChI=1S/C17H36O2Si2/c1-12-13-15(19-21(10,11)17(5,6)7)14-18-20(8,9)16(2,3)4/h1,15H,13-14H2,2-11H3. The Morgan fingerprint density at radius 1 is 0.905 bits per heavy atom. The van der Waals surface area contributed by atoms with Gasteiger partial charge < -0.3 is 8.85 Å². The molecule has 0 aromatic carbocycles. The van der Waals surface area contributed by atoms with Crippen molar-refractivity contribution in [3.63, 3.8) is 0 Å². The topological polar surface area (TPSA) is 18.5 Å². The Labute approximate surface area is 135 Å². The van der Waals surface area contributed by atoms with Gasteiger partial charge in [-0.2, -0.15) is 0 Å². The first-order valence-electron chi connectivity index (χ1n) is 7.89. The lowest BCUT2D eigenvalue weighted by Gasteiger charge is -2.41. The number of rotatable bonds is 6. The van der Waals surface area contributed by atoms with Crippen LogP contribution in [0.1, 0.15) is 48.0 Å². The summed E-state index contributed by atoms with van der Waals surface area (Å²) in [5.74, 6) is 2.75. The predicted molar refractivity (Wildman–Crippen MR) is 98.7 cm³/mol. The van der Waals surface area contributed by atoms with Gasteiger partial charge in [0.25, 0.3) is 0 Å². The first-order valence-corrected chi connectivity index (χ1v) is 13.7. The molecule has 0 aliphatic heterocycles. The molecule has 0 saturated carbocycles. The average molecular weight is 329 g/mol. The highest BCUT2D eigenvalue weighted by Gasteiger charge is 2.41. The molecule has 0 aliphatic carbocycles. The van der Waals surface area contributed by atoms with E-state index in [0.29, 0.717) is 13.0 Å². The molecule has 0 aromatic heterocycles. The van der Waals surface area contributed by atoms with E-state index >= 15 is 0 Å². The van der Waals surface area contributed by atoms with Crippen molar-refractivity contribution in [1.82, 2.24) is 0 Å². The van der Waals surface area contributed by atoms with Crippen molar-refractivity contribution < 1.29 is 8.85 Å². The summed E-state index contributed by atoms with van der Waals surface area (Å²) in [4.78, 5) is 0. The SMILES string of the molecule is C#CCC(CO[Si](C)(C)C(C)(C)C)O[Si](C)(C)C(C)(C)C. The number of hydrogen-bond donors (Lipinski definition) is 0. The lowest BCUT2D eigenvalue weighted by molar-refractivity contribution is 0.111. The lowest BCUT2D eigenvalue weighted by atomic mass is 10.2. The zero-order valence-corrected chi connectivity index (χ0v) is 17.9. The summed E-state index contributed by atoms with van der Waals surface area (Å²) in [5, 5.41) is 0.404. The van der Waals surface area contributed by atoms with E-state index in [-0.39, 0.29) is 16.2 Å². The minimum absolute atomic E-state index is 0.0185. The van der Waals surface area contributed by atoms with Crippen LogP contribution in [0.3, 0.4) is 0 Å². The Kier molecular flexibility index (Phi) is 6.97. The Morgan fingerprint density at radius 2 is 1.33 bits per heavy atom. The summed E-state index contributed by atoms with van der Waals surface area (Å²) in [5.41, 5.74) is 0. The molecule has 0 aromatic rings. The maximum atomic E-state index is 6.44. The fraction of sp³-hybridized carbons (Fsp3) is 0.882. The monoisotopic (exact) mass is 328 g/mol.